The van der Waals surface area contributed by atoms with Crippen LogP contribution in [-0.4, -0.2) is 21.5 Å². The van der Waals surface area contributed by atoms with Gasteiger partial charge in [0, 0.05) is 30.6 Å². The van der Waals surface area contributed by atoms with E-state index in [1.807, 2.05) is 0 Å². The number of nitrogens with zero attached hydrogens (tertiary/aromatic N) is 1. The van der Waals surface area contributed by atoms with Crippen molar-refractivity contribution >= 4 is 47.0 Å². The average molecular weight is 365 g/mol. The van der Waals surface area contributed by atoms with Crippen LogP contribution in [0.1, 0.15) is 21.6 Å². The van der Waals surface area contributed by atoms with Crippen LogP contribution in [0.4, 0.5) is 0 Å². The predicted octanol–water partition coefficient (Wildman–Crippen LogP) is 3.75. The molecule has 5 nitrogen and oxygen atoms in total. The van der Waals surface area contributed by atoms with Gasteiger partial charge in [-0.25, -0.2) is 5.48 Å². The lowest BCUT2D eigenvalue weighted by atomic mass is 10.1. The van der Waals surface area contributed by atoms with Crippen LogP contribution in [0.3, 0.4) is 0 Å². The van der Waals surface area contributed by atoms with Crippen molar-refractivity contribution in [3.05, 3.63) is 69.5 Å². The average Bonchev–Trinajstić information content (AvgIpc) is 2.92. The Morgan fingerprint density at radius 1 is 1.12 bits per heavy atom. The summed E-state index contributed by atoms with van der Waals surface area (Å²) in [5, 5.41) is 9.17. The lowest BCUT2D eigenvalue weighted by Gasteiger charge is -1.98. The van der Waals surface area contributed by atoms with Gasteiger partial charge in [0.05, 0.1) is 10.0 Å². The van der Waals surface area contributed by atoms with Crippen molar-refractivity contribution in [1.82, 2.24) is 10.0 Å². The third-order valence-electron chi connectivity index (χ3n) is 3.21. The molecule has 0 fully saturated rings. The van der Waals surface area contributed by atoms with Crippen molar-refractivity contribution in [2.24, 2.45) is 7.05 Å². The first-order valence-electron chi connectivity index (χ1n) is 6.86. The van der Waals surface area contributed by atoms with Gasteiger partial charge in [0.15, 0.2) is 5.78 Å². The Kier molecular flexibility index (Phi) is 5.98. The van der Waals surface area contributed by atoms with E-state index in [9.17, 15) is 9.59 Å². The van der Waals surface area contributed by atoms with Gasteiger partial charge in [-0.3, -0.25) is 14.8 Å². The number of benzene rings is 1. The van der Waals surface area contributed by atoms with Gasteiger partial charge in [0.1, 0.15) is 0 Å². The Balaban J connectivity index is 2.14. The van der Waals surface area contributed by atoms with Crippen molar-refractivity contribution in [2.45, 2.75) is 0 Å². The number of carbonyl (C=O) groups is 2. The molecule has 1 heterocycles. The molecule has 24 heavy (non-hydrogen) atoms. The molecule has 1 aromatic heterocycles. The molecule has 0 aliphatic carbocycles. The minimum absolute atomic E-state index is 0.200. The summed E-state index contributed by atoms with van der Waals surface area (Å²) >= 11 is 11.7. The van der Waals surface area contributed by atoms with E-state index in [1.165, 1.54) is 23.7 Å². The number of ketones is 1. The minimum Gasteiger partial charge on any atom is -0.350 e. The molecule has 2 rings (SSSR count). The first-order valence-corrected chi connectivity index (χ1v) is 7.62. The zero-order chi connectivity index (χ0) is 17.7. The quantitative estimate of drug-likeness (QED) is 0.367. The van der Waals surface area contributed by atoms with Crippen LogP contribution in [0.5, 0.6) is 0 Å². The second-order valence-corrected chi connectivity index (χ2v) is 5.76. The monoisotopic (exact) mass is 364 g/mol. The number of hydrogen-bond acceptors (Lipinski definition) is 3. The fraction of sp³-hybridized carbons (Fsp3) is 0.0588. The molecular weight excluding hydrogens is 351 g/mol. The number of halogens is 2. The van der Waals surface area contributed by atoms with E-state index in [0.29, 0.717) is 15.6 Å². The fourth-order valence-electron chi connectivity index (χ4n) is 1.98. The van der Waals surface area contributed by atoms with E-state index in [-0.39, 0.29) is 5.78 Å². The summed E-state index contributed by atoms with van der Waals surface area (Å²) in [6.45, 7) is 0. The smallest absolute Gasteiger partial charge is 0.267 e. The van der Waals surface area contributed by atoms with E-state index in [0.717, 1.165) is 11.3 Å². The molecule has 124 valence electrons. The molecule has 2 aromatic rings. The Bertz CT molecular complexity index is 838. The lowest BCUT2D eigenvalue weighted by molar-refractivity contribution is -0.124. The largest absolute Gasteiger partial charge is 0.350 e. The summed E-state index contributed by atoms with van der Waals surface area (Å²) < 4.78 is 1.78. The Morgan fingerprint density at radius 3 is 2.54 bits per heavy atom. The molecule has 0 saturated carbocycles. The van der Waals surface area contributed by atoms with Crippen LogP contribution in [-0.2, 0) is 11.8 Å². The van der Waals surface area contributed by atoms with Gasteiger partial charge in [-0.05, 0) is 48.1 Å². The number of nitrogens with one attached hydrogen (secondary N) is 1. The van der Waals surface area contributed by atoms with Crippen LogP contribution >= 0.6 is 23.2 Å². The molecule has 0 aliphatic heterocycles. The number of carbonyl (C=O) groups excluding carboxylic acids is 2. The van der Waals surface area contributed by atoms with Crippen molar-refractivity contribution in [1.29, 1.82) is 0 Å². The highest BCUT2D eigenvalue weighted by atomic mass is 35.5. The zero-order valence-corrected chi connectivity index (χ0v) is 14.2. The fourth-order valence-corrected chi connectivity index (χ4v) is 2.28. The third kappa shape index (κ3) is 4.58. The molecule has 1 aromatic carbocycles. The summed E-state index contributed by atoms with van der Waals surface area (Å²) in [6, 6.07) is 6.49. The van der Waals surface area contributed by atoms with Crippen LogP contribution in [0.25, 0.3) is 12.2 Å². The predicted molar refractivity (Wildman–Crippen MR) is 94.2 cm³/mol. The molecule has 0 bridgehead atoms. The third-order valence-corrected chi connectivity index (χ3v) is 3.95. The molecule has 0 unspecified atom stereocenters. The normalized spacial score (nSPS) is 11.3. The standard InChI is InChI=1S/C17H14Cl2N2O3/c1-21-10-11(8-13(21)4-7-17(23)20-24)2-6-16(22)12-3-5-14(18)15(19)9-12/h2-10,24H,1H3,(H,20,23)/b6-2+,7-4+. The molecule has 0 aliphatic rings. The number of aromatic nitrogens is 1. The van der Waals surface area contributed by atoms with Crippen LogP contribution in [0.15, 0.2) is 42.6 Å². The van der Waals surface area contributed by atoms with Gasteiger partial charge in [0.2, 0.25) is 0 Å². The number of amides is 1. The van der Waals surface area contributed by atoms with Gasteiger partial charge < -0.3 is 4.57 Å². The SMILES string of the molecule is Cn1cc(/C=C/C(=O)c2ccc(Cl)c(Cl)c2)cc1/C=C/C(=O)NO. The number of hydroxylamine groups is 1. The number of allylic oxidation sites excluding steroid dienone is 1. The van der Waals surface area contributed by atoms with Gasteiger partial charge in [0.25, 0.3) is 5.91 Å². The second-order valence-electron chi connectivity index (χ2n) is 4.95. The zero-order valence-electron chi connectivity index (χ0n) is 12.7. The lowest BCUT2D eigenvalue weighted by Crippen LogP contribution is -2.14. The molecule has 0 atom stereocenters. The molecule has 0 radical (unpaired) electrons. The van der Waals surface area contributed by atoms with Crippen molar-refractivity contribution in [3.8, 4) is 0 Å². The summed E-state index contributed by atoms with van der Waals surface area (Å²) in [5.41, 5.74) is 3.48. The van der Waals surface area contributed by atoms with E-state index in [4.69, 9.17) is 28.4 Å². The number of rotatable bonds is 5. The van der Waals surface area contributed by atoms with Gasteiger partial charge in [-0.1, -0.05) is 23.2 Å². The highest BCUT2D eigenvalue weighted by molar-refractivity contribution is 6.42. The molecule has 2 N–H and O–H groups in total. The highest BCUT2D eigenvalue weighted by Crippen LogP contribution is 2.23. The number of aryl methyl sites for hydroxylation is 1. The molecule has 0 spiro atoms. The first-order chi connectivity index (χ1) is 11.4. The first kappa shape index (κ1) is 18.0. The van der Waals surface area contributed by atoms with Crippen molar-refractivity contribution < 1.29 is 14.8 Å². The Labute approximate surface area is 148 Å². The van der Waals surface area contributed by atoms with E-state index >= 15 is 0 Å². The van der Waals surface area contributed by atoms with Crippen LogP contribution < -0.4 is 5.48 Å². The van der Waals surface area contributed by atoms with Crippen molar-refractivity contribution in [3.63, 3.8) is 0 Å². The molecule has 7 heteroatoms. The number of hydrogen-bond donors (Lipinski definition) is 2. The van der Waals surface area contributed by atoms with E-state index in [2.05, 4.69) is 0 Å². The van der Waals surface area contributed by atoms with E-state index < -0.39 is 5.91 Å². The Hall–Kier alpha value is -2.34. The van der Waals surface area contributed by atoms with Crippen LogP contribution in [0, 0.1) is 0 Å². The molecule has 1 amide bonds. The van der Waals surface area contributed by atoms with Gasteiger partial charge in [-0.15, -0.1) is 0 Å². The summed E-state index contributed by atoms with van der Waals surface area (Å²) in [6.07, 6.45) is 7.64. The van der Waals surface area contributed by atoms with Gasteiger partial charge in [-0.2, -0.15) is 0 Å². The molecular formula is C17H14Cl2N2O3. The maximum absolute atomic E-state index is 12.1. The maximum Gasteiger partial charge on any atom is 0.267 e. The van der Waals surface area contributed by atoms with Crippen LogP contribution in [0.2, 0.25) is 10.0 Å². The second kappa shape index (κ2) is 7.97. The van der Waals surface area contributed by atoms with Gasteiger partial charge >= 0.3 is 0 Å². The minimum atomic E-state index is -0.622. The summed E-state index contributed by atoms with van der Waals surface area (Å²) in [4.78, 5) is 23.1. The maximum atomic E-state index is 12.1. The summed E-state index contributed by atoms with van der Waals surface area (Å²) in [7, 11) is 1.80. The Morgan fingerprint density at radius 2 is 1.88 bits per heavy atom. The topological polar surface area (TPSA) is 71.3 Å². The van der Waals surface area contributed by atoms with Crippen molar-refractivity contribution in [2.75, 3.05) is 0 Å². The van der Waals surface area contributed by atoms with E-state index in [1.54, 1.807) is 48.2 Å². The summed E-state index contributed by atoms with van der Waals surface area (Å²) in [5.74, 6) is -0.822. The highest BCUT2D eigenvalue weighted by Gasteiger charge is 2.06. The molecule has 0 saturated heterocycles.